The van der Waals surface area contributed by atoms with Crippen molar-refractivity contribution in [3.63, 3.8) is 0 Å². The fraction of sp³-hybridized carbons (Fsp3) is 0. The monoisotopic (exact) mass is 555 g/mol. The lowest BCUT2D eigenvalue weighted by Crippen LogP contribution is -1.94. The van der Waals surface area contributed by atoms with Gasteiger partial charge in [-0.05, 0) is 54.6 Å². The van der Waals surface area contributed by atoms with Crippen LogP contribution in [-0.2, 0) is 0 Å². The molecule has 0 aliphatic carbocycles. The Bertz CT molecular complexity index is 2690. The highest BCUT2D eigenvalue weighted by atomic mass is 32.1. The van der Waals surface area contributed by atoms with Gasteiger partial charge < -0.3 is 8.98 Å². The second-order valence-corrected chi connectivity index (χ2v) is 11.9. The van der Waals surface area contributed by atoms with Crippen molar-refractivity contribution in [3.8, 4) is 11.7 Å². The number of aromatic nitrogens is 3. The van der Waals surface area contributed by atoms with Crippen LogP contribution < -0.4 is 0 Å². The molecule has 6 aromatic carbocycles. The fourth-order valence-corrected chi connectivity index (χ4v) is 7.87. The number of rotatable bonds is 2. The summed E-state index contributed by atoms with van der Waals surface area (Å²) in [7, 11) is 0. The Kier molecular flexibility index (Phi) is 4.30. The normalized spacial score (nSPS) is 12.3. The fourth-order valence-electron chi connectivity index (χ4n) is 6.77. The zero-order valence-corrected chi connectivity index (χ0v) is 23.1. The highest BCUT2D eigenvalue weighted by Crippen LogP contribution is 2.42. The molecular weight excluding hydrogens is 534 g/mol. The Morgan fingerprint density at radius 3 is 1.88 bits per heavy atom. The van der Waals surface area contributed by atoms with Crippen molar-refractivity contribution in [3.05, 3.63) is 127 Å². The molecule has 0 saturated carbocycles. The minimum atomic E-state index is 0.588. The van der Waals surface area contributed by atoms with Gasteiger partial charge in [0.05, 0.1) is 22.1 Å². The van der Waals surface area contributed by atoms with Gasteiger partial charge in [-0.2, -0.15) is 4.98 Å². The van der Waals surface area contributed by atoms with Crippen LogP contribution in [-0.4, -0.2) is 14.1 Å². The minimum absolute atomic E-state index is 0.588. The standard InChI is InChI=1S/C37H21N3OS/c1-2-10-22(11-3-1)39-29-15-7-4-12-23(29)26-21-32-27(20-31(26)39)24-13-5-8-16-30(24)40(32)37-38-28-18-19-34-35(36(28)41-37)25-14-6-9-17-33(25)42-34/h1-21H. The zero-order chi connectivity index (χ0) is 27.4. The van der Waals surface area contributed by atoms with Crippen LogP contribution >= 0.6 is 11.3 Å². The molecule has 5 heteroatoms. The Morgan fingerprint density at radius 1 is 0.500 bits per heavy atom. The molecule has 196 valence electrons. The number of fused-ring (bicyclic) bond motifs is 11. The largest absolute Gasteiger partial charge is 0.422 e. The maximum Gasteiger partial charge on any atom is 0.307 e. The highest BCUT2D eigenvalue weighted by molar-refractivity contribution is 7.26. The van der Waals surface area contributed by atoms with Gasteiger partial charge in [0.1, 0.15) is 5.52 Å². The van der Waals surface area contributed by atoms with Crippen LogP contribution in [0.2, 0.25) is 0 Å². The Hall–Kier alpha value is -5.39. The van der Waals surface area contributed by atoms with Crippen LogP contribution in [0.15, 0.2) is 132 Å². The molecule has 0 spiro atoms. The highest BCUT2D eigenvalue weighted by Gasteiger charge is 2.21. The SMILES string of the molecule is c1ccc(-n2c3ccccc3c3cc4c(cc32)c2ccccc2n4-c2nc3ccc4sc5ccccc5c4c3o2)cc1. The van der Waals surface area contributed by atoms with Crippen LogP contribution in [0.5, 0.6) is 0 Å². The number of nitrogens with zero attached hydrogens (tertiary/aromatic N) is 3. The van der Waals surface area contributed by atoms with E-state index < -0.39 is 0 Å². The van der Waals surface area contributed by atoms with Gasteiger partial charge in [-0.25, -0.2) is 0 Å². The van der Waals surface area contributed by atoms with Gasteiger partial charge in [0.25, 0.3) is 0 Å². The molecule has 0 amide bonds. The summed E-state index contributed by atoms with van der Waals surface area (Å²) in [5.74, 6) is 0. The summed E-state index contributed by atoms with van der Waals surface area (Å²) in [5.41, 5.74) is 7.39. The van der Waals surface area contributed by atoms with Crippen LogP contribution in [0.1, 0.15) is 0 Å². The maximum atomic E-state index is 6.74. The third-order valence-electron chi connectivity index (χ3n) is 8.56. The zero-order valence-electron chi connectivity index (χ0n) is 22.3. The third-order valence-corrected chi connectivity index (χ3v) is 9.69. The van der Waals surface area contributed by atoms with E-state index in [2.05, 4.69) is 137 Å². The van der Waals surface area contributed by atoms with Crippen LogP contribution in [0.4, 0.5) is 0 Å². The van der Waals surface area contributed by atoms with Gasteiger partial charge in [-0.3, -0.25) is 4.57 Å². The van der Waals surface area contributed by atoms with E-state index in [0.29, 0.717) is 6.01 Å². The molecule has 0 aliphatic rings. The molecule has 0 aliphatic heterocycles. The van der Waals surface area contributed by atoms with Gasteiger partial charge >= 0.3 is 6.01 Å². The molecule has 4 heterocycles. The summed E-state index contributed by atoms with van der Waals surface area (Å²) < 4.78 is 13.8. The van der Waals surface area contributed by atoms with Crippen LogP contribution in [0, 0.1) is 0 Å². The van der Waals surface area contributed by atoms with E-state index in [1.807, 2.05) is 0 Å². The van der Waals surface area contributed by atoms with Gasteiger partial charge in [-0.15, -0.1) is 11.3 Å². The maximum absolute atomic E-state index is 6.74. The summed E-state index contributed by atoms with van der Waals surface area (Å²) >= 11 is 1.79. The predicted molar refractivity (Wildman–Crippen MR) is 176 cm³/mol. The Labute approximate surface area is 243 Å². The van der Waals surface area contributed by atoms with Crippen molar-refractivity contribution >= 4 is 86.2 Å². The van der Waals surface area contributed by atoms with E-state index >= 15 is 0 Å². The first-order chi connectivity index (χ1) is 20.8. The van der Waals surface area contributed by atoms with Crippen molar-refractivity contribution in [2.24, 2.45) is 0 Å². The summed E-state index contributed by atoms with van der Waals surface area (Å²) in [6, 6.07) is 45.8. The first-order valence-corrected chi connectivity index (χ1v) is 14.9. The molecule has 4 nitrogen and oxygen atoms in total. The van der Waals surface area contributed by atoms with Crippen LogP contribution in [0.25, 0.3) is 86.6 Å². The second-order valence-electron chi connectivity index (χ2n) is 10.8. The number of hydrogen-bond donors (Lipinski definition) is 0. The molecule has 42 heavy (non-hydrogen) atoms. The van der Waals surface area contributed by atoms with E-state index in [1.165, 1.54) is 47.4 Å². The summed E-state index contributed by atoms with van der Waals surface area (Å²) in [6.45, 7) is 0. The lowest BCUT2D eigenvalue weighted by molar-refractivity contribution is 0.577. The molecule has 0 unspecified atom stereocenters. The minimum Gasteiger partial charge on any atom is -0.422 e. The molecule has 0 N–H and O–H groups in total. The molecule has 10 aromatic rings. The van der Waals surface area contributed by atoms with E-state index in [4.69, 9.17) is 9.40 Å². The first kappa shape index (κ1) is 22.3. The van der Waals surface area contributed by atoms with E-state index in [-0.39, 0.29) is 0 Å². The summed E-state index contributed by atoms with van der Waals surface area (Å²) in [4.78, 5) is 5.08. The topological polar surface area (TPSA) is 35.9 Å². The van der Waals surface area contributed by atoms with Gasteiger partial charge in [0, 0.05) is 47.4 Å². The number of para-hydroxylation sites is 3. The quantitative estimate of drug-likeness (QED) is 0.213. The van der Waals surface area contributed by atoms with E-state index in [1.54, 1.807) is 11.3 Å². The summed E-state index contributed by atoms with van der Waals surface area (Å²) in [6.07, 6.45) is 0. The lowest BCUT2D eigenvalue weighted by Gasteiger charge is -2.07. The van der Waals surface area contributed by atoms with E-state index in [0.717, 1.165) is 33.2 Å². The average Bonchev–Trinajstić information content (AvgIpc) is 3.79. The van der Waals surface area contributed by atoms with Gasteiger partial charge in [0.2, 0.25) is 0 Å². The molecule has 0 fully saturated rings. The van der Waals surface area contributed by atoms with Crippen molar-refractivity contribution < 1.29 is 4.42 Å². The van der Waals surface area contributed by atoms with E-state index in [9.17, 15) is 0 Å². The van der Waals surface area contributed by atoms with Crippen molar-refractivity contribution in [2.75, 3.05) is 0 Å². The predicted octanol–water partition coefficient (Wildman–Crippen LogP) is 10.4. The number of thiophene rings is 1. The lowest BCUT2D eigenvalue weighted by atomic mass is 10.1. The van der Waals surface area contributed by atoms with Gasteiger partial charge in [0.15, 0.2) is 5.58 Å². The summed E-state index contributed by atoms with van der Waals surface area (Å²) in [5, 5.41) is 7.12. The van der Waals surface area contributed by atoms with Crippen molar-refractivity contribution in [2.45, 2.75) is 0 Å². The van der Waals surface area contributed by atoms with Crippen molar-refractivity contribution in [1.29, 1.82) is 0 Å². The molecule has 0 atom stereocenters. The Morgan fingerprint density at radius 2 is 1.12 bits per heavy atom. The molecule has 0 radical (unpaired) electrons. The van der Waals surface area contributed by atoms with Gasteiger partial charge in [-0.1, -0.05) is 72.8 Å². The molecule has 10 rings (SSSR count). The molecular formula is C37H21N3OS. The van der Waals surface area contributed by atoms with Crippen LogP contribution in [0.3, 0.4) is 0 Å². The number of hydrogen-bond acceptors (Lipinski definition) is 3. The Balaban J connectivity index is 1.34. The number of benzene rings is 6. The average molecular weight is 556 g/mol. The smallest absolute Gasteiger partial charge is 0.307 e. The molecule has 0 bridgehead atoms. The third kappa shape index (κ3) is 2.88. The van der Waals surface area contributed by atoms with Crippen molar-refractivity contribution in [1.82, 2.24) is 14.1 Å². The molecule has 4 aromatic heterocycles. The second kappa shape index (κ2) is 8.09. The number of oxazole rings is 1. The first-order valence-electron chi connectivity index (χ1n) is 14.1. The molecule has 0 saturated heterocycles.